The number of carbonyl (C=O) groups excluding carboxylic acids is 2. The molecule has 3 aromatic rings. The van der Waals surface area contributed by atoms with Crippen molar-refractivity contribution in [1.29, 1.82) is 0 Å². The van der Waals surface area contributed by atoms with Crippen LogP contribution in [0.3, 0.4) is 0 Å². The lowest BCUT2D eigenvalue weighted by molar-refractivity contribution is 0.0585. The molecule has 0 spiro atoms. The number of nitrogens with zero attached hydrogens (tertiary/aromatic N) is 9. The average molecular weight is 373 g/mol. The van der Waals surface area contributed by atoms with Crippen LogP contribution < -0.4 is 0 Å². The molecule has 3 aromatic heterocycles. The third-order valence-corrected chi connectivity index (χ3v) is 4.04. The van der Waals surface area contributed by atoms with Crippen LogP contribution in [0.4, 0.5) is 0 Å². The molecule has 13 nitrogen and oxygen atoms in total. The minimum Gasteiger partial charge on any atom is -0.464 e. The SMILES string of the molecule is COC(=O)c1cn(C(n2cc(C(=O)OC)nn2)n2cc(C3CC3)nn2)nn1. The Morgan fingerprint density at radius 3 is 1.85 bits per heavy atom. The van der Waals surface area contributed by atoms with Crippen molar-refractivity contribution >= 4 is 11.9 Å². The number of hydrogen-bond donors (Lipinski definition) is 0. The lowest BCUT2D eigenvalue weighted by Gasteiger charge is -2.16. The highest BCUT2D eigenvalue weighted by atomic mass is 16.5. The summed E-state index contributed by atoms with van der Waals surface area (Å²) in [6.07, 6.45) is 5.84. The lowest BCUT2D eigenvalue weighted by Crippen LogP contribution is -2.27. The van der Waals surface area contributed by atoms with Crippen molar-refractivity contribution in [2.75, 3.05) is 14.2 Å². The third-order valence-electron chi connectivity index (χ3n) is 4.04. The van der Waals surface area contributed by atoms with Gasteiger partial charge in [-0.2, -0.15) is 0 Å². The van der Waals surface area contributed by atoms with Gasteiger partial charge in [0.2, 0.25) is 6.29 Å². The first-order chi connectivity index (χ1) is 13.1. The van der Waals surface area contributed by atoms with E-state index in [2.05, 4.69) is 40.4 Å². The number of hydrogen-bond acceptors (Lipinski definition) is 10. The van der Waals surface area contributed by atoms with Crippen LogP contribution in [0.2, 0.25) is 0 Å². The smallest absolute Gasteiger partial charge is 0.360 e. The fourth-order valence-electron chi connectivity index (χ4n) is 2.51. The van der Waals surface area contributed by atoms with E-state index in [0.717, 1.165) is 18.5 Å². The van der Waals surface area contributed by atoms with E-state index in [1.807, 2.05) is 0 Å². The summed E-state index contributed by atoms with van der Waals surface area (Å²) in [5.74, 6) is -0.876. The number of aromatic nitrogens is 9. The molecule has 0 aromatic carbocycles. The molecular formula is C14H15N9O4. The quantitative estimate of drug-likeness (QED) is 0.517. The zero-order valence-electron chi connectivity index (χ0n) is 14.5. The molecule has 0 unspecified atom stereocenters. The van der Waals surface area contributed by atoms with E-state index in [-0.39, 0.29) is 11.4 Å². The molecule has 1 fully saturated rings. The van der Waals surface area contributed by atoms with Crippen molar-refractivity contribution in [3.8, 4) is 0 Å². The standard InChI is InChI=1S/C14H15N9O4/c1-26-12(24)10-6-22(19-16-10)14(21-5-9(15-18-21)8-3-4-8)23-7-11(17-20-23)13(25)27-2/h5-8,14H,3-4H2,1-2H3. The van der Waals surface area contributed by atoms with Gasteiger partial charge in [0.15, 0.2) is 11.4 Å². The van der Waals surface area contributed by atoms with Gasteiger partial charge >= 0.3 is 11.9 Å². The van der Waals surface area contributed by atoms with E-state index in [1.54, 1.807) is 6.20 Å². The largest absolute Gasteiger partial charge is 0.464 e. The van der Waals surface area contributed by atoms with Crippen LogP contribution in [0.25, 0.3) is 0 Å². The van der Waals surface area contributed by atoms with Gasteiger partial charge in [0.05, 0.1) is 38.5 Å². The highest BCUT2D eigenvalue weighted by Crippen LogP contribution is 2.38. The first-order valence-corrected chi connectivity index (χ1v) is 8.02. The topological polar surface area (TPSA) is 145 Å². The maximum Gasteiger partial charge on any atom is 0.360 e. The average Bonchev–Trinajstić information content (AvgIpc) is 3.10. The zero-order valence-corrected chi connectivity index (χ0v) is 14.5. The number of methoxy groups -OCH3 is 2. The Hall–Kier alpha value is -3.64. The molecule has 1 aliphatic rings. The summed E-state index contributed by atoms with van der Waals surface area (Å²) in [6.45, 7) is 0. The molecule has 0 N–H and O–H groups in total. The second kappa shape index (κ2) is 6.59. The van der Waals surface area contributed by atoms with E-state index in [1.165, 1.54) is 40.7 Å². The second-order valence-electron chi connectivity index (χ2n) is 5.89. The number of ether oxygens (including phenoxy) is 2. The third kappa shape index (κ3) is 3.14. The predicted molar refractivity (Wildman–Crippen MR) is 84.6 cm³/mol. The van der Waals surface area contributed by atoms with Crippen molar-refractivity contribution < 1.29 is 19.1 Å². The van der Waals surface area contributed by atoms with E-state index in [0.29, 0.717) is 5.92 Å². The van der Waals surface area contributed by atoms with Crippen LogP contribution in [0.15, 0.2) is 18.6 Å². The summed E-state index contributed by atoms with van der Waals surface area (Å²) in [5.41, 5.74) is 0.873. The minimum atomic E-state index is -0.818. The van der Waals surface area contributed by atoms with E-state index in [4.69, 9.17) is 0 Å². The number of carbonyl (C=O) groups is 2. The molecule has 27 heavy (non-hydrogen) atoms. The maximum atomic E-state index is 11.7. The van der Waals surface area contributed by atoms with Gasteiger partial charge in [0.1, 0.15) is 0 Å². The Bertz CT molecular complexity index is 932. The normalized spacial score (nSPS) is 13.7. The van der Waals surface area contributed by atoms with E-state index in [9.17, 15) is 9.59 Å². The molecule has 1 saturated carbocycles. The van der Waals surface area contributed by atoms with Gasteiger partial charge in [-0.25, -0.2) is 23.6 Å². The van der Waals surface area contributed by atoms with Crippen LogP contribution in [0.5, 0.6) is 0 Å². The molecule has 13 heteroatoms. The Kier molecular flexibility index (Phi) is 4.10. The summed E-state index contributed by atoms with van der Waals surface area (Å²) in [6, 6.07) is 0. The zero-order chi connectivity index (χ0) is 19.0. The Morgan fingerprint density at radius 1 is 0.889 bits per heavy atom. The van der Waals surface area contributed by atoms with Crippen molar-refractivity contribution in [3.63, 3.8) is 0 Å². The van der Waals surface area contributed by atoms with Crippen LogP contribution in [-0.4, -0.2) is 71.1 Å². The molecule has 0 radical (unpaired) electrons. The fraction of sp³-hybridized carbons (Fsp3) is 0.429. The monoisotopic (exact) mass is 373 g/mol. The van der Waals surface area contributed by atoms with Gasteiger partial charge in [-0.1, -0.05) is 15.6 Å². The first kappa shape index (κ1) is 16.8. The molecule has 0 amide bonds. The van der Waals surface area contributed by atoms with Gasteiger partial charge in [-0.3, -0.25) is 0 Å². The number of rotatable bonds is 6. The van der Waals surface area contributed by atoms with Crippen LogP contribution in [-0.2, 0) is 9.47 Å². The summed E-state index contributed by atoms with van der Waals surface area (Å²) in [7, 11) is 2.50. The molecule has 0 saturated heterocycles. The maximum absolute atomic E-state index is 11.7. The molecule has 1 aliphatic carbocycles. The van der Waals surface area contributed by atoms with Gasteiger partial charge in [-0.05, 0) is 12.8 Å². The van der Waals surface area contributed by atoms with E-state index < -0.39 is 18.2 Å². The van der Waals surface area contributed by atoms with Crippen LogP contribution in [0, 0.1) is 0 Å². The summed E-state index contributed by atoms with van der Waals surface area (Å²) < 4.78 is 13.5. The van der Waals surface area contributed by atoms with Crippen molar-refractivity contribution in [3.05, 3.63) is 35.7 Å². The highest BCUT2D eigenvalue weighted by molar-refractivity contribution is 5.87. The molecule has 3 heterocycles. The van der Waals surface area contributed by atoms with Crippen LogP contribution >= 0.6 is 0 Å². The Labute approximate surface area is 151 Å². The summed E-state index contributed by atoms with van der Waals surface area (Å²) >= 11 is 0. The minimum absolute atomic E-state index is 0.0124. The predicted octanol–water partition coefficient (Wildman–Crippen LogP) is -0.536. The summed E-state index contributed by atoms with van der Waals surface area (Å²) in [5, 5.41) is 23.8. The van der Waals surface area contributed by atoms with Gasteiger partial charge in [-0.15, -0.1) is 15.3 Å². The Balaban J connectivity index is 1.74. The van der Waals surface area contributed by atoms with Gasteiger partial charge in [0.25, 0.3) is 0 Å². The van der Waals surface area contributed by atoms with Gasteiger partial charge < -0.3 is 9.47 Å². The first-order valence-electron chi connectivity index (χ1n) is 8.02. The second-order valence-corrected chi connectivity index (χ2v) is 5.89. The van der Waals surface area contributed by atoms with Gasteiger partial charge in [0, 0.05) is 5.92 Å². The highest BCUT2D eigenvalue weighted by Gasteiger charge is 2.29. The Morgan fingerprint density at radius 2 is 1.37 bits per heavy atom. The molecular weight excluding hydrogens is 358 g/mol. The van der Waals surface area contributed by atoms with Crippen molar-refractivity contribution in [2.45, 2.75) is 25.0 Å². The summed E-state index contributed by atoms with van der Waals surface area (Å²) in [4.78, 5) is 23.4. The fourth-order valence-corrected chi connectivity index (χ4v) is 2.51. The van der Waals surface area contributed by atoms with Crippen molar-refractivity contribution in [1.82, 2.24) is 45.0 Å². The van der Waals surface area contributed by atoms with Crippen LogP contribution in [0.1, 0.15) is 51.7 Å². The molecule has 140 valence electrons. The molecule has 0 aliphatic heterocycles. The van der Waals surface area contributed by atoms with Crippen molar-refractivity contribution in [2.24, 2.45) is 0 Å². The number of esters is 2. The molecule has 0 bridgehead atoms. The molecule has 0 atom stereocenters. The lowest BCUT2D eigenvalue weighted by atomic mass is 10.3. The molecule has 4 rings (SSSR count). The van der Waals surface area contributed by atoms with E-state index >= 15 is 0 Å².